The molecule has 0 aliphatic heterocycles. The van der Waals surface area contributed by atoms with Crippen molar-refractivity contribution in [2.24, 2.45) is 0 Å². The van der Waals surface area contributed by atoms with Gasteiger partial charge in [0.05, 0.1) is 5.02 Å². The molecule has 4 nitrogen and oxygen atoms in total. The summed E-state index contributed by atoms with van der Waals surface area (Å²) in [5, 5.41) is 3.01. The molecule has 17 heavy (non-hydrogen) atoms. The Kier molecular flexibility index (Phi) is 4.97. The maximum Gasteiger partial charge on any atom is 0.261 e. The molecule has 92 valence electrons. The maximum absolute atomic E-state index is 11.7. The van der Waals surface area contributed by atoms with Crippen LogP contribution in [0, 0.1) is 0 Å². The molecule has 0 saturated carbocycles. The topological polar surface area (TPSA) is 62.0 Å². The minimum Gasteiger partial charge on any atom is -0.348 e. The average molecular weight is 255 g/mol. The van der Waals surface area contributed by atoms with Crippen molar-refractivity contribution in [1.29, 1.82) is 0 Å². The normalized spacial score (nSPS) is 10.8. The van der Waals surface area contributed by atoms with Crippen LogP contribution in [0.1, 0.15) is 29.9 Å². The first-order chi connectivity index (χ1) is 8.10. The van der Waals surface area contributed by atoms with E-state index in [1.807, 2.05) is 19.9 Å². The van der Waals surface area contributed by atoms with Gasteiger partial charge in [0.1, 0.15) is 5.56 Å². The van der Waals surface area contributed by atoms with Gasteiger partial charge in [-0.25, -0.2) is 0 Å². The van der Waals surface area contributed by atoms with Gasteiger partial charge in [-0.3, -0.25) is 9.59 Å². The molecule has 0 saturated heterocycles. The number of aryl methyl sites for hydroxylation is 1. The maximum atomic E-state index is 11.7. The van der Waals surface area contributed by atoms with Gasteiger partial charge in [0.25, 0.3) is 11.5 Å². The minimum absolute atomic E-state index is 0.0386. The minimum atomic E-state index is -0.422. The van der Waals surface area contributed by atoms with E-state index in [9.17, 15) is 9.59 Å². The average Bonchev–Trinajstić information content (AvgIpc) is 2.31. The van der Waals surface area contributed by atoms with Gasteiger partial charge < -0.3 is 10.3 Å². The first-order valence-electron chi connectivity index (χ1n) is 5.41. The highest BCUT2D eigenvalue weighted by atomic mass is 35.5. The standard InChI is InChI=1S/C12H15ClN2O2/c1-3-5-6-14-11(16)8-7-9(13)10(4-2)15-12(8)17/h3,5,7H,4,6H2,1-2H3,(H,14,16)(H,15,17)/b5-3+. The zero-order valence-corrected chi connectivity index (χ0v) is 10.6. The molecule has 0 unspecified atom stereocenters. The molecular weight excluding hydrogens is 240 g/mol. The zero-order chi connectivity index (χ0) is 12.8. The van der Waals surface area contributed by atoms with E-state index < -0.39 is 11.5 Å². The van der Waals surface area contributed by atoms with Crippen LogP contribution in [0.3, 0.4) is 0 Å². The van der Waals surface area contributed by atoms with Crippen LogP contribution in [-0.4, -0.2) is 17.4 Å². The van der Waals surface area contributed by atoms with E-state index in [1.54, 1.807) is 6.08 Å². The largest absolute Gasteiger partial charge is 0.348 e. The fraction of sp³-hybridized carbons (Fsp3) is 0.333. The second-order valence-electron chi connectivity index (χ2n) is 3.47. The number of carbonyl (C=O) groups is 1. The van der Waals surface area contributed by atoms with Gasteiger partial charge in [0.15, 0.2) is 0 Å². The number of aromatic amines is 1. The summed E-state index contributed by atoms with van der Waals surface area (Å²) in [4.78, 5) is 25.9. The van der Waals surface area contributed by atoms with Crippen LogP contribution in [0.5, 0.6) is 0 Å². The van der Waals surface area contributed by atoms with Crippen molar-refractivity contribution >= 4 is 17.5 Å². The van der Waals surface area contributed by atoms with Gasteiger partial charge in [-0.2, -0.15) is 0 Å². The summed E-state index contributed by atoms with van der Waals surface area (Å²) in [7, 11) is 0. The number of rotatable bonds is 4. The van der Waals surface area contributed by atoms with E-state index in [4.69, 9.17) is 11.6 Å². The Balaban J connectivity index is 2.95. The molecule has 1 aromatic rings. The number of hydrogen-bond donors (Lipinski definition) is 2. The third kappa shape index (κ3) is 3.46. The lowest BCUT2D eigenvalue weighted by atomic mass is 10.2. The number of pyridine rings is 1. The summed E-state index contributed by atoms with van der Waals surface area (Å²) in [5.74, 6) is -0.422. The highest BCUT2D eigenvalue weighted by Gasteiger charge is 2.12. The Bertz CT molecular complexity index is 492. The third-order valence-corrected chi connectivity index (χ3v) is 2.62. The summed E-state index contributed by atoms with van der Waals surface area (Å²) in [6.45, 7) is 4.12. The lowest BCUT2D eigenvalue weighted by Crippen LogP contribution is -2.30. The molecule has 5 heteroatoms. The summed E-state index contributed by atoms with van der Waals surface area (Å²) in [6.07, 6.45) is 4.22. The Labute approximate surface area is 105 Å². The number of H-pyrrole nitrogens is 1. The van der Waals surface area contributed by atoms with Crippen LogP contribution < -0.4 is 10.9 Å². The zero-order valence-electron chi connectivity index (χ0n) is 9.84. The first kappa shape index (κ1) is 13.5. The molecule has 2 N–H and O–H groups in total. The monoisotopic (exact) mass is 254 g/mol. The molecule has 0 aliphatic rings. The van der Waals surface area contributed by atoms with E-state index >= 15 is 0 Å². The van der Waals surface area contributed by atoms with Crippen LogP contribution in [0.2, 0.25) is 5.02 Å². The van der Waals surface area contributed by atoms with Crippen molar-refractivity contribution in [1.82, 2.24) is 10.3 Å². The van der Waals surface area contributed by atoms with Crippen molar-refractivity contribution in [2.45, 2.75) is 20.3 Å². The summed E-state index contributed by atoms with van der Waals surface area (Å²) >= 11 is 5.94. The molecule has 1 heterocycles. The molecule has 1 rings (SSSR count). The molecule has 0 aromatic carbocycles. The highest BCUT2D eigenvalue weighted by Crippen LogP contribution is 2.13. The summed E-state index contributed by atoms with van der Waals surface area (Å²) < 4.78 is 0. The van der Waals surface area contributed by atoms with Gasteiger partial charge in [-0.05, 0) is 19.4 Å². The van der Waals surface area contributed by atoms with Gasteiger partial charge in [0.2, 0.25) is 0 Å². The SMILES string of the molecule is C/C=C/CNC(=O)c1cc(Cl)c(CC)[nH]c1=O. The summed E-state index contributed by atoms with van der Waals surface area (Å²) in [5.41, 5.74) is 0.266. The van der Waals surface area contributed by atoms with E-state index in [0.29, 0.717) is 23.7 Å². The Morgan fingerprint density at radius 1 is 1.59 bits per heavy atom. The predicted molar refractivity (Wildman–Crippen MR) is 68.6 cm³/mol. The molecule has 0 spiro atoms. The smallest absolute Gasteiger partial charge is 0.261 e. The predicted octanol–water partition coefficient (Wildman–Crippen LogP) is 1.90. The summed E-state index contributed by atoms with van der Waals surface area (Å²) in [6, 6.07) is 1.41. The van der Waals surface area contributed by atoms with Crippen LogP contribution in [0.4, 0.5) is 0 Å². The molecule has 0 radical (unpaired) electrons. The molecule has 0 atom stereocenters. The number of amides is 1. The van der Waals surface area contributed by atoms with Crippen molar-refractivity contribution in [2.75, 3.05) is 6.54 Å². The number of nitrogens with one attached hydrogen (secondary N) is 2. The highest BCUT2D eigenvalue weighted by molar-refractivity contribution is 6.31. The lowest BCUT2D eigenvalue weighted by molar-refractivity contribution is 0.0956. The molecule has 0 bridgehead atoms. The second kappa shape index (κ2) is 6.25. The molecule has 1 aromatic heterocycles. The number of aromatic nitrogens is 1. The van der Waals surface area contributed by atoms with E-state index in [0.717, 1.165) is 0 Å². The van der Waals surface area contributed by atoms with Crippen LogP contribution in [0.25, 0.3) is 0 Å². The van der Waals surface area contributed by atoms with Gasteiger partial charge in [0, 0.05) is 12.2 Å². The third-order valence-electron chi connectivity index (χ3n) is 2.28. The quantitative estimate of drug-likeness (QED) is 0.806. The number of halogens is 1. The molecule has 0 fully saturated rings. The van der Waals surface area contributed by atoms with Crippen LogP contribution in [0.15, 0.2) is 23.0 Å². The van der Waals surface area contributed by atoms with Crippen molar-refractivity contribution in [3.8, 4) is 0 Å². The van der Waals surface area contributed by atoms with Gasteiger partial charge in [-0.15, -0.1) is 0 Å². The Morgan fingerprint density at radius 3 is 2.88 bits per heavy atom. The van der Waals surface area contributed by atoms with E-state index in [2.05, 4.69) is 10.3 Å². The Hall–Kier alpha value is -1.55. The molecule has 1 amide bonds. The van der Waals surface area contributed by atoms with Gasteiger partial charge >= 0.3 is 0 Å². The number of hydrogen-bond acceptors (Lipinski definition) is 2. The van der Waals surface area contributed by atoms with Crippen LogP contribution >= 0.6 is 11.6 Å². The van der Waals surface area contributed by atoms with E-state index in [1.165, 1.54) is 6.07 Å². The Morgan fingerprint density at radius 2 is 2.29 bits per heavy atom. The fourth-order valence-corrected chi connectivity index (χ4v) is 1.62. The number of allylic oxidation sites excluding steroid dienone is 1. The molecule has 0 aliphatic carbocycles. The van der Waals surface area contributed by atoms with Crippen molar-refractivity contribution in [3.63, 3.8) is 0 Å². The van der Waals surface area contributed by atoms with E-state index in [-0.39, 0.29) is 5.56 Å². The van der Waals surface area contributed by atoms with Crippen molar-refractivity contribution < 1.29 is 4.79 Å². The molecular formula is C12H15ClN2O2. The number of carbonyl (C=O) groups excluding carboxylic acids is 1. The van der Waals surface area contributed by atoms with Crippen molar-refractivity contribution in [3.05, 3.63) is 44.9 Å². The first-order valence-corrected chi connectivity index (χ1v) is 5.79. The van der Waals surface area contributed by atoms with Crippen LogP contribution in [-0.2, 0) is 6.42 Å². The van der Waals surface area contributed by atoms with Gasteiger partial charge in [-0.1, -0.05) is 30.7 Å². The lowest BCUT2D eigenvalue weighted by Gasteiger charge is -2.05. The second-order valence-corrected chi connectivity index (χ2v) is 3.88. The fourth-order valence-electron chi connectivity index (χ4n) is 1.33.